The van der Waals surface area contributed by atoms with E-state index in [9.17, 15) is 9.59 Å². The number of carbonyl (C=O) groups is 2. The van der Waals surface area contributed by atoms with Gasteiger partial charge in [0.1, 0.15) is 6.04 Å². The average Bonchev–Trinajstić information content (AvgIpc) is 2.37. The molecule has 0 heterocycles. The fraction of sp³-hybridized carbons (Fsp3) is 0.385. The molecule has 104 valence electrons. The molecule has 1 amide bonds. The molecule has 5 nitrogen and oxygen atoms in total. The van der Waals surface area contributed by atoms with Crippen LogP contribution in [0.5, 0.6) is 0 Å². The number of benzene rings is 1. The lowest BCUT2D eigenvalue weighted by molar-refractivity contribution is -0.140. The van der Waals surface area contributed by atoms with E-state index < -0.39 is 17.9 Å². The Morgan fingerprint density at radius 1 is 1.47 bits per heavy atom. The summed E-state index contributed by atoms with van der Waals surface area (Å²) in [4.78, 5) is 23.2. The number of carboxylic acids is 1. The van der Waals surface area contributed by atoms with E-state index in [4.69, 9.17) is 22.4 Å². The maximum atomic E-state index is 12.0. The van der Waals surface area contributed by atoms with Gasteiger partial charge in [-0.2, -0.15) is 0 Å². The number of nitrogens with two attached hydrogens (primary N) is 1. The first-order chi connectivity index (χ1) is 8.88. The van der Waals surface area contributed by atoms with Gasteiger partial charge in [0.15, 0.2) is 0 Å². The fourth-order valence-corrected chi connectivity index (χ4v) is 1.81. The first-order valence-electron chi connectivity index (χ1n) is 5.96. The van der Waals surface area contributed by atoms with Gasteiger partial charge in [-0.25, -0.2) is 4.79 Å². The Hall–Kier alpha value is -1.75. The normalized spacial score (nSPS) is 13.6. The van der Waals surface area contributed by atoms with Crippen molar-refractivity contribution in [1.82, 2.24) is 5.32 Å². The number of halogens is 1. The van der Waals surface area contributed by atoms with Gasteiger partial charge in [0, 0.05) is 0 Å². The highest BCUT2D eigenvalue weighted by Gasteiger charge is 2.26. The van der Waals surface area contributed by atoms with Gasteiger partial charge in [0.05, 0.1) is 16.3 Å². The molecule has 0 saturated carbocycles. The Balaban J connectivity index is 2.94. The third-order valence-corrected chi connectivity index (χ3v) is 3.39. The molecule has 0 aromatic heterocycles. The van der Waals surface area contributed by atoms with Gasteiger partial charge in [-0.1, -0.05) is 37.9 Å². The lowest BCUT2D eigenvalue weighted by atomic mass is 9.99. The van der Waals surface area contributed by atoms with Crippen molar-refractivity contribution < 1.29 is 14.7 Å². The molecule has 2 atom stereocenters. The van der Waals surface area contributed by atoms with Crippen molar-refractivity contribution in [1.29, 1.82) is 0 Å². The van der Waals surface area contributed by atoms with Crippen LogP contribution in [0.15, 0.2) is 18.2 Å². The quantitative estimate of drug-likeness (QED) is 0.722. The van der Waals surface area contributed by atoms with Gasteiger partial charge in [-0.15, -0.1) is 0 Å². The number of rotatable bonds is 5. The fourth-order valence-electron chi connectivity index (χ4n) is 1.64. The molecule has 0 saturated heterocycles. The van der Waals surface area contributed by atoms with E-state index in [0.29, 0.717) is 6.42 Å². The van der Waals surface area contributed by atoms with Crippen molar-refractivity contribution in [2.24, 2.45) is 5.92 Å². The molecule has 1 rings (SSSR count). The lowest BCUT2D eigenvalue weighted by Crippen LogP contribution is -2.45. The van der Waals surface area contributed by atoms with Crippen LogP contribution in [0.4, 0.5) is 5.69 Å². The van der Waals surface area contributed by atoms with Crippen LogP contribution in [-0.2, 0) is 4.79 Å². The molecule has 0 aliphatic rings. The molecule has 0 bridgehead atoms. The first kappa shape index (κ1) is 15.3. The lowest BCUT2D eigenvalue weighted by Gasteiger charge is -2.20. The summed E-state index contributed by atoms with van der Waals surface area (Å²) in [6, 6.07) is 3.71. The highest BCUT2D eigenvalue weighted by molar-refractivity contribution is 6.33. The third-order valence-electron chi connectivity index (χ3n) is 3.06. The summed E-state index contributed by atoms with van der Waals surface area (Å²) in [5.41, 5.74) is 6.03. The van der Waals surface area contributed by atoms with Gasteiger partial charge >= 0.3 is 5.97 Å². The first-order valence-corrected chi connectivity index (χ1v) is 6.33. The Bertz CT molecular complexity index is 491. The summed E-state index contributed by atoms with van der Waals surface area (Å²) >= 11 is 5.83. The van der Waals surface area contributed by atoms with Crippen LogP contribution in [0.25, 0.3) is 0 Å². The van der Waals surface area contributed by atoms with Crippen LogP contribution in [0.3, 0.4) is 0 Å². The third kappa shape index (κ3) is 3.61. The summed E-state index contributed by atoms with van der Waals surface area (Å²) in [5, 5.41) is 11.9. The molecule has 19 heavy (non-hydrogen) atoms. The van der Waals surface area contributed by atoms with Gasteiger partial charge in [-0.05, 0) is 18.1 Å². The zero-order valence-electron chi connectivity index (χ0n) is 10.8. The molecule has 1 aromatic rings. The van der Waals surface area contributed by atoms with E-state index in [1.54, 1.807) is 19.1 Å². The zero-order valence-corrected chi connectivity index (χ0v) is 11.6. The maximum absolute atomic E-state index is 12.0. The van der Waals surface area contributed by atoms with E-state index in [1.807, 2.05) is 6.92 Å². The second kappa shape index (κ2) is 6.43. The van der Waals surface area contributed by atoms with E-state index in [0.717, 1.165) is 0 Å². The Morgan fingerprint density at radius 3 is 2.63 bits per heavy atom. The molecular weight excluding hydrogens is 268 g/mol. The molecular formula is C13H17ClN2O3. The van der Waals surface area contributed by atoms with E-state index in [1.165, 1.54) is 6.07 Å². The van der Waals surface area contributed by atoms with Crippen molar-refractivity contribution >= 4 is 29.2 Å². The largest absolute Gasteiger partial charge is 0.480 e. The topological polar surface area (TPSA) is 92.4 Å². The highest BCUT2D eigenvalue weighted by atomic mass is 35.5. The van der Waals surface area contributed by atoms with Crippen molar-refractivity contribution in [2.45, 2.75) is 26.3 Å². The molecule has 0 fully saturated rings. The van der Waals surface area contributed by atoms with Crippen LogP contribution in [0, 0.1) is 5.92 Å². The minimum atomic E-state index is -1.07. The highest BCUT2D eigenvalue weighted by Crippen LogP contribution is 2.22. The average molecular weight is 285 g/mol. The molecule has 0 aliphatic heterocycles. The van der Waals surface area contributed by atoms with Crippen molar-refractivity contribution in [3.05, 3.63) is 28.8 Å². The van der Waals surface area contributed by atoms with Crippen LogP contribution < -0.4 is 11.1 Å². The molecule has 0 aliphatic carbocycles. The standard InChI is InChI=1S/C13H17ClN2O3/c1-3-7(2)11(13(18)19)16-12(17)8-5-4-6-9(14)10(8)15/h4-7,11H,3,15H2,1-2H3,(H,16,17)(H,18,19). The van der Waals surface area contributed by atoms with Gasteiger partial charge in [0.2, 0.25) is 0 Å². The zero-order chi connectivity index (χ0) is 14.6. The maximum Gasteiger partial charge on any atom is 0.326 e. The predicted octanol–water partition coefficient (Wildman–Crippen LogP) is 2.15. The number of hydrogen-bond donors (Lipinski definition) is 3. The smallest absolute Gasteiger partial charge is 0.326 e. The van der Waals surface area contributed by atoms with Crippen molar-refractivity contribution in [3.8, 4) is 0 Å². The number of amides is 1. The summed E-state index contributed by atoms with van der Waals surface area (Å²) in [6.07, 6.45) is 0.641. The van der Waals surface area contributed by atoms with Gasteiger partial charge < -0.3 is 16.2 Å². The van der Waals surface area contributed by atoms with Crippen molar-refractivity contribution in [2.75, 3.05) is 5.73 Å². The Labute approximate surface area is 116 Å². The second-order valence-electron chi connectivity index (χ2n) is 4.38. The molecule has 2 unspecified atom stereocenters. The molecule has 4 N–H and O–H groups in total. The van der Waals surface area contributed by atoms with Gasteiger partial charge in [0.25, 0.3) is 5.91 Å². The summed E-state index contributed by atoms with van der Waals surface area (Å²) in [7, 11) is 0. The number of hydrogen-bond acceptors (Lipinski definition) is 3. The van der Waals surface area contributed by atoms with Gasteiger partial charge in [-0.3, -0.25) is 4.79 Å². The van der Waals surface area contributed by atoms with Crippen LogP contribution in [0.2, 0.25) is 5.02 Å². The Morgan fingerprint density at radius 2 is 2.11 bits per heavy atom. The summed E-state index contributed by atoms with van der Waals surface area (Å²) in [5.74, 6) is -1.78. The summed E-state index contributed by atoms with van der Waals surface area (Å²) < 4.78 is 0. The number of carboxylic acid groups (broad SMARTS) is 1. The monoisotopic (exact) mass is 284 g/mol. The molecule has 0 radical (unpaired) electrons. The predicted molar refractivity (Wildman–Crippen MR) is 74.2 cm³/mol. The molecule has 6 heteroatoms. The number of carbonyl (C=O) groups excluding carboxylic acids is 1. The molecule has 0 spiro atoms. The van der Waals surface area contributed by atoms with Crippen molar-refractivity contribution in [3.63, 3.8) is 0 Å². The summed E-state index contributed by atoms with van der Waals surface area (Å²) in [6.45, 7) is 3.63. The number of para-hydroxylation sites is 1. The van der Waals surface area contributed by atoms with Crippen LogP contribution in [-0.4, -0.2) is 23.0 Å². The second-order valence-corrected chi connectivity index (χ2v) is 4.78. The minimum absolute atomic E-state index is 0.148. The van der Waals surface area contributed by atoms with E-state index >= 15 is 0 Å². The minimum Gasteiger partial charge on any atom is -0.480 e. The Kier molecular flexibility index (Phi) is 5.18. The van der Waals surface area contributed by atoms with Crippen LogP contribution >= 0.6 is 11.6 Å². The number of aliphatic carboxylic acids is 1. The van der Waals surface area contributed by atoms with Crippen LogP contribution in [0.1, 0.15) is 30.6 Å². The number of nitrogens with one attached hydrogen (secondary N) is 1. The number of nitrogen functional groups attached to an aromatic ring is 1. The SMILES string of the molecule is CCC(C)C(NC(=O)c1cccc(Cl)c1N)C(=O)O. The van der Waals surface area contributed by atoms with E-state index in [-0.39, 0.29) is 22.2 Å². The molecule has 1 aromatic carbocycles. The number of anilines is 1. The van der Waals surface area contributed by atoms with E-state index in [2.05, 4.69) is 5.32 Å².